The third kappa shape index (κ3) is 4.68. The predicted molar refractivity (Wildman–Crippen MR) is 64.8 cm³/mol. The summed E-state index contributed by atoms with van der Waals surface area (Å²) in [6.07, 6.45) is 1.55. The minimum atomic E-state index is -3.68. The summed E-state index contributed by atoms with van der Waals surface area (Å²) in [6, 6.07) is 1.42. The van der Waals surface area contributed by atoms with Crippen molar-refractivity contribution in [1.82, 2.24) is 9.71 Å². The Morgan fingerprint density at radius 3 is 2.88 bits per heavy atom. The predicted octanol–water partition coefficient (Wildman–Crippen LogP) is 0.477. The lowest BCUT2D eigenvalue weighted by Gasteiger charge is -2.11. The molecule has 0 spiro atoms. The first-order valence-electron chi connectivity index (χ1n) is 4.85. The molecule has 0 radical (unpaired) electrons. The zero-order chi connectivity index (χ0) is 12.9. The number of aliphatic hydroxyl groups excluding tert-OH is 1. The fourth-order valence-electron chi connectivity index (χ4n) is 1.05. The SMILES string of the molecule is CCO[C@H](O)CNS(=O)(=O)c1cncc(Br)c1. The van der Waals surface area contributed by atoms with E-state index >= 15 is 0 Å². The van der Waals surface area contributed by atoms with Crippen molar-refractivity contribution < 1.29 is 18.3 Å². The molecule has 0 aliphatic carbocycles. The van der Waals surface area contributed by atoms with Crippen LogP contribution in [-0.4, -0.2) is 37.9 Å². The summed E-state index contributed by atoms with van der Waals surface area (Å²) in [5.41, 5.74) is 0. The highest BCUT2D eigenvalue weighted by atomic mass is 79.9. The monoisotopic (exact) mass is 324 g/mol. The molecule has 1 rings (SSSR count). The molecular weight excluding hydrogens is 312 g/mol. The molecule has 1 atom stereocenters. The maximum Gasteiger partial charge on any atom is 0.242 e. The molecule has 96 valence electrons. The number of aromatic nitrogens is 1. The quantitative estimate of drug-likeness (QED) is 0.743. The molecule has 8 heteroatoms. The molecule has 6 nitrogen and oxygen atoms in total. The van der Waals surface area contributed by atoms with Gasteiger partial charge >= 0.3 is 0 Å². The van der Waals surface area contributed by atoms with Crippen LogP contribution in [0, 0.1) is 0 Å². The lowest BCUT2D eigenvalue weighted by atomic mass is 10.5. The standard InChI is InChI=1S/C9H13BrN2O4S/c1-2-16-9(13)6-12-17(14,15)8-3-7(10)4-11-5-8/h3-5,9,12-13H,2,6H2,1H3/t9-/m0/s1. The Balaban J connectivity index is 2.69. The smallest absolute Gasteiger partial charge is 0.242 e. The van der Waals surface area contributed by atoms with E-state index in [1.807, 2.05) is 0 Å². The molecule has 1 aromatic rings. The van der Waals surface area contributed by atoms with Gasteiger partial charge in [-0.25, -0.2) is 13.1 Å². The maximum absolute atomic E-state index is 11.8. The van der Waals surface area contributed by atoms with Crippen LogP contribution in [0.4, 0.5) is 0 Å². The number of nitrogens with zero attached hydrogens (tertiary/aromatic N) is 1. The first-order valence-corrected chi connectivity index (χ1v) is 7.13. The van der Waals surface area contributed by atoms with E-state index < -0.39 is 16.3 Å². The van der Waals surface area contributed by atoms with Crippen LogP contribution in [0.15, 0.2) is 27.8 Å². The van der Waals surface area contributed by atoms with Crippen LogP contribution in [0.3, 0.4) is 0 Å². The van der Waals surface area contributed by atoms with Gasteiger partial charge in [-0.2, -0.15) is 0 Å². The fraction of sp³-hybridized carbons (Fsp3) is 0.444. The Labute approximate surface area is 108 Å². The highest BCUT2D eigenvalue weighted by Gasteiger charge is 2.16. The van der Waals surface area contributed by atoms with Gasteiger partial charge in [0.05, 0.1) is 6.54 Å². The molecule has 2 N–H and O–H groups in total. The minimum absolute atomic E-state index is 0.0237. The van der Waals surface area contributed by atoms with E-state index in [4.69, 9.17) is 4.74 Å². The highest BCUT2D eigenvalue weighted by molar-refractivity contribution is 9.10. The number of pyridine rings is 1. The van der Waals surface area contributed by atoms with Gasteiger partial charge in [-0.3, -0.25) is 4.98 Å². The van der Waals surface area contributed by atoms with E-state index in [2.05, 4.69) is 25.6 Å². The molecule has 0 saturated carbocycles. The van der Waals surface area contributed by atoms with E-state index in [1.165, 1.54) is 18.5 Å². The van der Waals surface area contributed by atoms with Gasteiger partial charge in [-0.1, -0.05) is 0 Å². The second-order valence-corrected chi connectivity index (χ2v) is 5.78. The lowest BCUT2D eigenvalue weighted by molar-refractivity contribution is -0.0885. The van der Waals surface area contributed by atoms with E-state index in [0.29, 0.717) is 11.1 Å². The molecule has 1 aromatic heterocycles. The van der Waals surface area contributed by atoms with Crippen molar-refractivity contribution in [2.45, 2.75) is 18.1 Å². The van der Waals surface area contributed by atoms with Crippen LogP contribution in [-0.2, 0) is 14.8 Å². The fourth-order valence-corrected chi connectivity index (χ4v) is 2.58. The number of ether oxygens (including phenoxy) is 1. The number of nitrogens with one attached hydrogen (secondary N) is 1. The summed E-state index contributed by atoms with van der Waals surface area (Å²) >= 11 is 3.13. The van der Waals surface area contributed by atoms with E-state index in [0.717, 1.165) is 0 Å². The van der Waals surface area contributed by atoms with Gasteiger partial charge in [-0.05, 0) is 28.9 Å². The average molecular weight is 325 g/mol. The molecule has 0 aliphatic heterocycles. The van der Waals surface area contributed by atoms with Crippen LogP contribution >= 0.6 is 15.9 Å². The molecule has 0 unspecified atom stereocenters. The Hall–Kier alpha value is -0.540. The number of hydrogen-bond donors (Lipinski definition) is 2. The first kappa shape index (κ1) is 14.5. The number of sulfonamides is 1. The molecular formula is C9H13BrN2O4S. The molecule has 1 heterocycles. The van der Waals surface area contributed by atoms with Crippen molar-refractivity contribution in [2.75, 3.05) is 13.2 Å². The van der Waals surface area contributed by atoms with Crippen molar-refractivity contribution >= 4 is 26.0 Å². The minimum Gasteiger partial charge on any atom is -0.367 e. The molecule has 0 bridgehead atoms. The van der Waals surface area contributed by atoms with Gasteiger partial charge in [0.15, 0.2) is 6.29 Å². The van der Waals surface area contributed by atoms with Crippen molar-refractivity contribution in [3.05, 3.63) is 22.9 Å². The van der Waals surface area contributed by atoms with Gasteiger partial charge in [0.2, 0.25) is 10.0 Å². The summed E-state index contributed by atoms with van der Waals surface area (Å²) in [5, 5.41) is 9.24. The summed E-state index contributed by atoms with van der Waals surface area (Å²) < 4.78 is 31.1. The topological polar surface area (TPSA) is 88.5 Å². The van der Waals surface area contributed by atoms with Gasteiger partial charge in [0, 0.05) is 23.5 Å². The Bertz CT molecular complexity index is 466. The van der Waals surface area contributed by atoms with Gasteiger partial charge in [0.1, 0.15) is 4.90 Å². The number of hydrogen-bond acceptors (Lipinski definition) is 5. The number of aliphatic hydroxyl groups is 1. The maximum atomic E-state index is 11.8. The van der Waals surface area contributed by atoms with Crippen LogP contribution in [0.1, 0.15) is 6.92 Å². The molecule has 17 heavy (non-hydrogen) atoms. The van der Waals surface area contributed by atoms with Crippen molar-refractivity contribution in [3.63, 3.8) is 0 Å². The number of halogens is 1. The molecule has 0 fully saturated rings. The zero-order valence-corrected chi connectivity index (χ0v) is 11.5. The zero-order valence-electron chi connectivity index (χ0n) is 9.13. The second-order valence-electron chi connectivity index (χ2n) is 3.10. The number of rotatable bonds is 6. The van der Waals surface area contributed by atoms with Crippen molar-refractivity contribution in [1.29, 1.82) is 0 Å². The largest absolute Gasteiger partial charge is 0.367 e. The Morgan fingerprint density at radius 1 is 1.59 bits per heavy atom. The third-order valence-electron chi connectivity index (χ3n) is 1.80. The van der Waals surface area contributed by atoms with E-state index in [1.54, 1.807) is 6.92 Å². The van der Waals surface area contributed by atoms with Gasteiger partial charge in [0.25, 0.3) is 0 Å². The highest BCUT2D eigenvalue weighted by Crippen LogP contribution is 2.13. The lowest BCUT2D eigenvalue weighted by Crippen LogP contribution is -2.33. The molecule has 0 aliphatic rings. The van der Waals surface area contributed by atoms with Crippen molar-refractivity contribution in [3.8, 4) is 0 Å². The summed E-state index contributed by atoms with van der Waals surface area (Å²) in [6.45, 7) is 1.81. The van der Waals surface area contributed by atoms with Gasteiger partial charge < -0.3 is 9.84 Å². The first-order chi connectivity index (χ1) is 7.95. The summed E-state index contributed by atoms with van der Waals surface area (Å²) in [7, 11) is -3.68. The Kier molecular flexibility index (Phi) is 5.47. The molecule has 0 aromatic carbocycles. The second kappa shape index (κ2) is 6.41. The third-order valence-corrected chi connectivity index (χ3v) is 3.62. The van der Waals surface area contributed by atoms with E-state index in [-0.39, 0.29) is 11.4 Å². The van der Waals surface area contributed by atoms with Gasteiger partial charge in [-0.15, -0.1) is 0 Å². The van der Waals surface area contributed by atoms with Crippen LogP contribution in [0.25, 0.3) is 0 Å². The normalized spacial score (nSPS) is 13.6. The summed E-state index contributed by atoms with van der Waals surface area (Å²) in [5.74, 6) is 0. The van der Waals surface area contributed by atoms with Crippen LogP contribution in [0.2, 0.25) is 0 Å². The molecule has 0 amide bonds. The molecule has 0 saturated heterocycles. The Morgan fingerprint density at radius 2 is 2.29 bits per heavy atom. The van der Waals surface area contributed by atoms with Crippen molar-refractivity contribution in [2.24, 2.45) is 0 Å². The van der Waals surface area contributed by atoms with E-state index in [9.17, 15) is 13.5 Å². The van der Waals surface area contributed by atoms with Crippen LogP contribution in [0.5, 0.6) is 0 Å². The average Bonchev–Trinajstić information content (AvgIpc) is 2.27. The van der Waals surface area contributed by atoms with Crippen LogP contribution < -0.4 is 4.72 Å². The summed E-state index contributed by atoms with van der Waals surface area (Å²) in [4.78, 5) is 3.78.